The quantitative estimate of drug-likeness (QED) is 0.894. The van der Waals surface area contributed by atoms with Gasteiger partial charge in [0.2, 0.25) is 0 Å². The monoisotopic (exact) mass is 286 g/mol. The van der Waals surface area contributed by atoms with Crippen LogP contribution < -0.4 is 20.1 Å². The minimum absolute atomic E-state index is 0.383. The third-order valence-electron chi connectivity index (χ3n) is 3.45. The van der Waals surface area contributed by atoms with Gasteiger partial charge < -0.3 is 20.1 Å². The first-order valence-electron chi connectivity index (χ1n) is 6.85. The summed E-state index contributed by atoms with van der Waals surface area (Å²) in [5.41, 5.74) is 3.09. The minimum Gasteiger partial charge on any atom is -0.497 e. The van der Waals surface area contributed by atoms with Crippen LogP contribution >= 0.6 is 0 Å². The Bertz CT molecular complexity index is 628. The van der Waals surface area contributed by atoms with E-state index in [1.165, 1.54) is 0 Å². The molecule has 0 saturated heterocycles. The predicted molar refractivity (Wildman–Crippen MR) is 80.3 cm³/mol. The molecule has 110 valence electrons. The van der Waals surface area contributed by atoms with Crippen molar-refractivity contribution in [2.75, 3.05) is 26.1 Å². The number of methoxy groups -OCH3 is 2. The number of aromatic nitrogens is 2. The number of rotatable bonds is 4. The summed E-state index contributed by atoms with van der Waals surface area (Å²) >= 11 is 0. The highest BCUT2D eigenvalue weighted by atomic mass is 16.5. The average Bonchev–Trinajstić information content (AvgIpc) is 2.55. The van der Waals surface area contributed by atoms with Crippen LogP contribution in [0.25, 0.3) is 0 Å². The molecule has 0 bridgehead atoms. The third kappa shape index (κ3) is 2.90. The predicted octanol–water partition coefficient (Wildman–Crippen LogP) is 1.88. The molecule has 1 aromatic carbocycles. The molecule has 3 rings (SSSR count). The molecule has 21 heavy (non-hydrogen) atoms. The number of hydrogen-bond donors (Lipinski definition) is 2. The summed E-state index contributed by atoms with van der Waals surface area (Å²) in [6.07, 6.45) is 0.901. The molecular weight excluding hydrogens is 268 g/mol. The summed E-state index contributed by atoms with van der Waals surface area (Å²) in [5, 5.41) is 6.65. The maximum atomic E-state index is 5.19. The van der Waals surface area contributed by atoms with Crippen LogP contribution in [0, 0.1) is 0 Å². The van der Waals surface area contributed by atoms with Gasteiger partial charge in [0.25, 0.3) is 0 Å². The molecule has 0 aliphatic carbocycles. The molecule has 2 heterocycles. The zero-order valence-electron chi connectivity index (χ0n) is 12.1. The Hall–Kier alpha value is -2.34. The summed E-state index contributed by atoms with van der Waals surface area (Å²) in [6.45, 7) is 1.67. The van der Waals surface area contributed by atoms with Crippen molar-refractivity contribution in [2.24, 2.45) is 0 Å². The summed E-state index contributed by atoms with van der Waals surface area (Å²) in [7, 11) is 3.23. The van der Waals surface area contributed by atoms with Crippen molar-refractivity contribution in [1.29, 1.82) is 0 Å². The summed E-state index contributed by atoms with van der Waals surface area (Å²) in [4.78, 5) is 8.84. The molecule has 0 fully saturated rings. The second-order valence-corrected chi connectivity index (χ2v) is 4.76. The van der Waals surface area contributed by atoms with Crippen LogP contribution in [-0.2, 0) is 13.0 Å². The summed E-state index contributed by atoms with van der Waals surface area (Å²) in [6, 6.07) is 8.12. The van der Waals surface area contributed by atoms with Gasteiger partial charge in [-0.05, 0) is 37.2 Å². The molecule has 2 aromatic rings. The van der Waals surface area contributed by atoms with Crippen LogP contribution in [0.1, 0.15) is 11.3 Å². The molecule has 0 spiro atoms. The number of fused-ring (bicyclic) bond motifs is 1. The Morgan fingerprint density at radius 1 is 1.10 bits per heavy atom. The third-order valence-corrected chi connectivity index (χ3v) is 3.45. The maximum Gasteiger partial charge on any atom is 0.318 e. The summed E-state index contributed by atoms with van der Waals surface area (Å²) in [5.74, 6) is 1.63. The molecule has 0 unspecified atom stereocenters. The Morgan fingerprint density at radius 2 is 1.90 bits per heavy atom. The molecule has 1 aliphatic rings. The SMILES string of the molecule is COc1ccc(Nc2nc(OC)nc3c2CCNC3)cc1. The molecule has 1 aromatic heterocycles. The van der Waals surface area contributed by atoms with Gasteiger partial charge in [-0.15, -0.1) is 0 Å². The highest BCUT2D eigenvalue weighted by Crippen LogP contribution is 2.26. The van der Waals surface area contributed by atoms with Crippen molar-refractivity contribution >= 4 is 11.5 Å². The van der Waals surface area contributed by atoms with Crippen molar-refractivity contribution in [3.8, 4) is 11.8 Å². The van der Waals surface area contributed by atoms with Crippen molar-refractivity contribution in [2.45, 2.75) is 13.0 Å². The molecule has 6 nitrogen and oxygen atoms in total. The van der Waals surface area contributed by atoms with Crippen LogP contribution in [0.15, 0.2) is 24.3 Å². The zero-order valence-corrected chi connectivity index (χ0v) is 12.1. The fourth-order valence-corrected chi connectivity index (χ4v) is 2.34. The van der Waals surface area contributed by atoms with E-state index in [1.807, 2.05) is 24.3 Å². The Morgan fingerprint density at radius 3 is 2.62 bits per heavy atom. The van der Waals surface area contributed by atoms with Gasteiger partial charge >= 0.3 is 6.01 Å². The first-order chi connectivity index (χ1) is 10.3. The number of hydrogen-bond acceptors (Lipinski definition) is 6. The number of nitrogens with one attached hydrogen (secondary N) is 2. The largest absolute Gasteiger partial charge is 0.497 e. The zero-order chi connectivity index (χ0) is 14.7. The van der Waals surface area contributed by atoms with Crippen LogP contribution in [0.4, 0.5) is 11.5 Å². The molecule has 0 amide bonds. The van der Waals surface area contributed by atoms with Crippen molar-refractivity contribution < 1.29 is 9.47 Å². The van der Waals surface area contributed by atoms with Gasteiger partial charge in [0.15, 0.2) is 0 Å². The molecule has 6 heteroatoms. The number of nitrogens with zero attached hydrogens (tertiary/aromatic N) is 2. The van der Waals surface area contributed by atoms with Gasteiger partial charge in [-0.25, -0.2) is 0 Å². The number of anilines is 2. The lowest BCUT2D eigenvalue weighted by Gasteiger charge is -2.20. The van der Waals surface area contributed by atoms with E-state index in [-0.39, 0.29) is 0 Å². The van der Waals surface area contributed by atoms with Crippen molar-refractivity contribution in [3.63, 3.8) is 0 Å². The molecule has 0 atom stereocenters. The van der Waals surface area contributed by atoms with E-state index in [0.29, 0.717) is 6.01 Å². The Balaban J connectivity index is 1.92. The van der Waals surface area contributed by atoms with Crippen LogP contribution in [0.3, 0.4) is 0 Å². The highest BCUT2D eigenvalue weighted by Gasteiger charge is 2.18. The molecular formula is C15H18N4O2. The number of ether oxygens (including phenoxy) is 2. The van der Waals surface area contributed by atoms with Crippen LogP contribution in [0.5, 0.6) is 11.8 Å². The molecule has 0 saturated carbocycles. The first kappa shape index (κ1) is 13.6. The second-order valence-electron chi connectivity index (χ2n) is 4.76. The van der Waals surface area contributed by atoms with Gasteiger partial charge in [0.1, 0.15) is 11.6 Å². The molecule has 2 N–H and O–H groups in total. The minimum atomic E-state index is 0.383. The topological polar surface area (TPSA) is 68.3 Å². The van der Waals surface area contributed by atoms with Crippen molar-refractivity contribution in [3.05, 3.63) is 35.5 Å². The standard InChI is InChI=1S/C15H18N4O2/c1-20-11-5-3-10(4-6-11)17-14-12-7-8-16-9-13(12)18-15(19-14)21-2/h3-6,16H,7-9H2,1-2H3,(H,17,18,19). The molecule has 1 aliphatic heterocycles. The average molecular weight is 286 g/mol. The van der Waals surface area contributed by atoms with E-state index in [9.17, 15) is 0 Å². The fraction of sp³-hybridized carbons (Fsp3) is 0.333. The smallest absolute Gasteiger partial charge is 0.318 e. The van der Waals surface area contributed by atoms with Gasteiger partial charge in [-0.2, -0.15) is 9.97 Å². The lowest BCUT2D eigenvalue weighted by atomic mass is 10.1. The van der Waals surface area contributed by atoms with Gasteiger partial charge in [0.05, 0.1) is 19.9 Å². The second kappa shape index (κ2) is 5.97. The van der Waals surface area contributed by atoms with Crippen LogP contribution in [0.2, 0.25) is 0 Å². The lowest BCUT2D eigenvalue weighted by Crippen LogP contribution is -2.26. The first-order valence-corrected chi connectivity index (χ1v) is 6.85. The lowest BCUT2D eigenvalue weighted by molar-refractivity contribution is 0.376. The molecule has 0 radical (unpaired) electrons. The van der Waals surface area contributed by atoms with E-state index < -0.39 is 0 Å². The van der Waals surface area contributed by atoms with Crippen LogP contribution in [-0.4, -0.2) is 30.7 Å². The van der Waals surface area contributed by atoms with Gasteiger partial charge in [-0.1, -0.05) is 0 Å². The van der Waals surface area contributed by atoms with E-state index in [1.54, 1.807) is 14.2 Å². The summed E-state index contributed by atoms with van der Waals surface area (Å²) < 4.78 is 10.3. The normalized spacial score (nSPS) is 13.4. The van der Waals surface area contributed by atoms with E-state index >= 15 is 0 Å². The number of benzene rings is 1. The Labute approximate surface area is 123 Å². The van der Waals surface area contributed by atoms with Crippen molar-refractivity contribution in [1.82, 2.24) is 15.3 Å². The maximum absolute atomic E-state index is 5.19. The van der Waals surface area contributed by atoms with E-state index in [0.717, 1.165) is 48.0 Å². The van der Waals surface area contributed by atoms with Gasteiger partial charge in [0, 0.05) is 17.8 Å². The van der Waals surface area contributed by atoms with E-state index in [2.05, 4.69) is 20.6 Å². The Kier molecular flexibility index (Phi) is 3.87. The highest BCUT2D eigenvalue weighted by molar-refractivity contribution is 5.61. The fourth-order valence-electron chi connectivity index (χ4n) is 2.34. The van der Waals surface area contributed by atoms with Gasteiger partial charge in [-0.3, -0.25) is 0 Å². The van der Waals surface area contributed by atoms with E-state index in [4.69, 9.17) is 9.47 Å².